The van der Waals surface area contributed by atoms with Crippen LogP contribution in [0.15, 0.2) is 18.2 Å². The van der Waals surface area contributed by atoms with Crippen molar-refractivity contribution in [1.29, 1.82) is 0 Å². The maximum absolute atomic E-state index is 11.9. The molecule has 0 bridgehead atoms. The number of rotatable bonds is 6. The molecule has 0 aliphatic rings. The van der Waals surface area contributed by atoms with Crippen LogP contribution in [0.3, 0.4) is 0 Å². The average Bonchev–Trinajstić information content (AvgIpc) is 2.21. The zero-order valence-corrected chi connectivity index (χ0v) is 9.08. The Kier molecular flexibility index (Phi) is 4.98. The van der Waals surface area contributed by atoms with Crippen molar-refractivity contribution in [2.45, 2.75) is 20.0 Å². The normalized spacial score (nSPS) is 10.8. The molecule has 90 valence electrons. The van der Waals surface area contributed by atoms with E-state index >= 15 is 0 Å². The van der Waals surface area contributed by atoms with Crippen molar-refractivity contribution in [2.75, 3.05) is 18.9 Å². The van der Waals surface area contributed by atoms with Gasteiger partial charge in [0.2, 0.25) is 0 Å². The van der Waals surface area contributed by atoms with E-state index in [9.17, 15) is 8.78 Å². The molecule has 0 aliphatic heterocycles. The van der Waals surface area contributed by atoms with Crippen molar-refractivity contribution >= 4 is 5.69 Å². The Labute approximate surface area is 93.2 Å². The largest absolute Gasteiger partial charge is 0.494 e. The van der Waals surface area contributed by atoms with Crippen LogP contribution in [0.4, 0.5) is 14.5 Å². The molecule has 16 heavy (non-hydrogen) atoms. The van der Waals surface area contributed by atoms with Gasteiger partial charge in [-0.25, -0.2) is 8.78 Å². The van der Waals surface area contributed by atoms with Gasteiger partial charge >= 0.3 is 0 Å². The third kappa shape index (κ3) is 4.02. The zero-order chi connectivity index (χ0) is 12.0. The first-order chi connectivity index (χ1) is 7.63. The van der Waals surface area contributed by atoms with Gasteiger partial charge in [-0.1, -0.05) is 0 Å². The van der Waals surface area contributed by atoms with E-state index in [1.807, 2.05) is 6.92 Å². The van der Waals surface area contributed by atoms with Crippen LogP contribution in [0.5, 0.6) is 5.75 Å². The molecule has 0 fully saturated rings. The summed E-state index contributed by atoms with van der Waals surface area (Å²) >= 11 is 0. The molecule has 2 N–H and O–H groups in total. The molecular formula is C11H15F2NO2. The molecule has 0 saturated carbocycles. The van der Waals surface area contributed by atoms with E-state index in [2.05, 4.69) is 0 Å². The van der Waals surface area contributed by atoms with Gasteiger partial charge in [-0.15, -0.1) is 0 Å². The number of hydrogen-bond donors (Lipinski definition) is 1. The van der Waals surface area contributed by atoms with Gasteiger partial charge in [-0.05, 0) is 25.1 Å². The van der Waals surface area contributed by atoms with E-state index in [4.69, 9.17) is 15.2 Å². The highest BCUT2D eigenvalue weighted by atomic mass is 19.3. The van der Waals surface area contributed by atoms with E-state index < -0.39 is 13.0 Å². The summed E-state index contributed by atoms with van der Waals surface area (Å²) in [6, 6.07) is 5.07. The maximum Gasteiger partial charge on any atom is 0.261 e. The molecule has 5 heteroatoms. The fourth-order valence-electron chi connectivity index (χ4n) is 1.27. The van der Waals surface area contributed by atoms with Crippen molar-refractivity contribution in [3.8, 4) is 5.75 Å². The molecule has 0 saturated heterocycles. The van der Waals surface area contributed by atoms with Gasteiger partial charge in [-0.3, -0.25) is 0 Å². The Morgan fingerprint density at radius 2 is 2.12 bits per heavy atom. The quantitative estimate of drug-likeness (QED) is 0.765. The highest BCUT2D eigenvalue weighted by Gasteiger charge is 2.07. The predicted molar refractivity (Wildman–Crippen MR) is 57.7 cm³/mol. The number of benzene rings is 1. The number of alkyl halides is 2. The Balaban J connectivity index is 2.64. The molecule has 0 amide bonds. The van der Waals surface area contributed by atoms with Gasteiger partial charge in [0.25, 0.3) is 6.43 Å². The summed E-state index contributed by atoms with van der Waals surface area (Å²) in [5, 5.41) is 0. The molecule has 0 atom stereocenters. The van der Waals surface area contributed by atoms with Crippen LogP contribution in [-0.2, 0) is 11.3 Å². The van der Waals surface area contributed by atoms with Gasteiger partial charge in [-0.2, -0.15) is 0 Å². The standard InChI is InChI=1S/C11H15F2NO2/c1-2-16-10-4-3-9(14)5-8(10)6-15-7-11(12)13/h3-5,11H,2,6-7,14H2,1H3. The fraction of sp³-hybridized carbons (Fsp3) is 0.455. The van der Waals surface area contributed by atoms with Crippen LogP contribution in [0.1, 0.15) is 12.5 Å². The van der Waals surface area contributed by atoms with Crippen molar-refractivity contribution in [1.82, 2.24) is 0 Å². The lowest BCUT2D eigenvalue weighted by atomic mass is 10.2. The fourth-order valence-corrected chi connectivity index (χ4v) is 1.27. The summed E-state index contributed by atoms with van der Waals surface area (Å²) in [6.07, 6.45) is -2.46. The first-order valence-corrected chi connectivity index (χ1v) is 5.00. The summed E-state index contributed by atoms with van der Waals surface area (Å²) in [7, 11) is 0. The molecule has 1 aromatic carbocycles. The van der Waals surface area contributed by atoms with E-state index in [0.29, 0.717) is 23.6 Å². The lowest BCUT2D eigenvalue weighted by Gasteiger charge is -2.11. The van der Waals surface area contributed by atoms with E-state index in [1.165, 1.54) is 0 Å². The predicted octanol–water partition coefficient (Wildman–Crippen LogP) is 2.45. The summed E-state index contributed by atoms with van der Waals surface area (Å²) in [5.74, 6) is 0.617. The van der Waals surface area contributed by atoms with E-state index in [-0.39, 0.29) is 6.61 Å². The minimum Gasteiger partial charge on any atom is -0.494 e. The first kappa shape index (κ1) is 12.7. The van der Waals surface area contributed by atoms with Gasteiger partial charge < -0.3 is 15.2 Å². The second-order valence-electron chi connectivity index (χ2n) is 3.21. The molecule has 0 aromatic heterocycles. The number of anilines is 1. The average molecular weight is 231 g/mol. The minimum absolute atomic E-state index is 0.0741. The second-order valence-corrected chi connectivity index (χ2v) is 3.21. The molecule has 0 unspecified atom stereocenters. The number of nitrogen functional groups attached to an aromatic ring is 1. The molecule has 0 heterocycles. The third-order valence-electron chi connectivity index (χ3n) is 1.89. The van der Waals surface area contributed by atoms with Crippen LogP contribution < -0.4 is 10.5 Å². The number of hydrogen-bond acceptors (Lipinski definition) is 3. The van der Waals surface area contributed by atoms with E-state index in [1.54, 1.807) is 18.2 Å². The monoisotopic (exact) mass is 231 g/mol. The zero-order valence-electron chi connectivity index (χ0n) is 9.08. The van der Waals surface area contributed by atoms with Crippen molar-refractivity contribution in [3.05, 3.63) is 23.8 Å². The van der Waals surface area contributed by atoms with Crippen LogP contribution in [0, 0.1) is 0 Å². The summed E-state index contributed by atoms with van der Waals surface area (Å²) < 4.78 is 33.9. The highest BCUT2D eigenvalue weighted by Crippen LogP contribution is 2.22. The molecule has 1 aromatic rings. The third-order valence-corrected chi connectivity index (χ3v) is 1.89. The van der Waals surface area contributed by atoms with Crippen molar-refractivity contribution in [2.24, 2.45) is 0 Å². The van der Waals surface area contributed by atoms with Crippen LogP contribution in [0.2, 0.25) is 0 Å². The Morgan fingerprint density at radius 1 is 1.38 bits per heavy atom. The topological polar surface area (TPSA) is 44.5 Å². The Bertz CT molecular complexity index is 332. The van der Waals surface area contributed by atoms with E-state index in [0.717, 1.165) is 0 Å². The smallest absolute Gasteiger partial charge is 0.261 e. The van der Waals surface area contributed by atoms with Crippen LogP contribution >= 0.6 is 0 Å². The molecule has 0 radical (unpaired) electrons. The van der Waals surface area contributed by atoms with Gasteiger partial charge in [0.15, 0.2) is 0 Å². The van der Waals surface area contributed by atoms with Gasteiger partial charge in [0, 0.05) is 11.3 Å². The first-order valence-electron chi connectivity index (χ1n) is 5.00. The Hall–Kier alpha value is -1.36. The number of nitrogens with two attached hydrogens (primary N) is 1. The Morgan fingerprint density at radius 3 is 2.75 bits per heavy atom. The van der Waals surface area contributed by atoms with Gasteiger partial charge in [0.1, 0.15) is 12.4 Å². The SMILES string of the molecule is CCOc1ccc(N)cc1COCC(F)F. The number of ether oxygens (including phenoxy) is 2. The minimum atomic E-state index is -2.46. The lowest BCUT2D eigenvalue weighted by Crippen LogP contribution is -2.06. The van der Waals surface area contributed by atoms with Crippen molar-refractivity contribution < 1.29 is 18.3 Å². The molecule has 0 aliphatic carbocycles. The number of halogens is 2. The molecule has 3 nitrogen and oxygen atoms in total. The van der Waals surface area contributed by atoms with Crippen LogP contribution in [-0.4, -0.2) is 19.6 Å². The maximum atomic E-state index is 11.9. The van der Waals surface area contributed by atoms with Crippen molar-refractivity contribution in [3.63, 3.8) is 0 Å². The molecule has 0 spiro atoms. The summed E-state index contributed by atoms with van der Waals surface area (Å²) in [6.45, 7) is 1.84. The highest BCUT2D eigenvalue weighted by molar-refractivity contribution is 5.47. The molecule has 1 rings (SSSR count). The second kappa shape index (κ2) is 6.27. The summed E-state index contributed by atoms with van der Waals surface area (Å²) in [4.78, 5) is 0. The molecular weight excluding hydrogens is 216 g/mol. The van der Waals surface area contributed by atoms with Crippen LogP contribution in [0.25, 0.3) is 0 Å². The van der Waals surface area contributed by atoms with Gasteiger partial charge in [0.05, 0.1) is 13.2 Å². The lowest BCUT2D eigenvalue weighted by molar-refractivity contribution is 0.00923. The summed E-state index contributed by atoms with van der Waals surface area (Å²) in [5.41, 5.74) is 6.83.